The molecule has 2 heterocycles. The largest absolute Gasteiger partial charge is 0.451 e. The molecule has 1 saturated heterocycles. The third-order valence-electron chi connectivity index (χ3n) is 6.28. The molecule has 0 aliphatic carbocycles. The smallest absolute Gasteiger partial charge is 0.287 e. The Morgan fingerprint density at radius 1 is 1.09 bits per heavy atom. The summed E-state index contributed by atoms with van der Waals surface area (Å²) in [5, 5.41) is 6.57. The number of nitrogens with zero attached hydrogens (tertiary/aromatic N) is 1. The number of amides is 2. The Morgan fingerprint density at radius 3 is 2.57 bits per heavy atom. The van der Waals surface area contributed by atoms with Crippen molar-refractivity contribution in [1.29, 1.82) is 0 Å². The van der Waals surface area contributed by atoms with Gasteiger partial charge in [0.1, 0.15) is 11.6 Å². The molecule has 2 aromatic carbocycles. The Kier molecular flexibility index (Phi) is 7.98. The third kappa shape index (κ3) is 6.57. The van der Waals surface area contributed by atoms with Gasteiger partial charge in [0.05, 0.1) is 12.6 Å². The number of ketones is 1. The van der Waals surface area contributed by atoms with Gasteiger partial charge in [-0.25, -0.2) is 0 Å². The number of Topliss-reactive ketones (excluding diaryl/α,β-unsaturated/α-hetero) is 1. The van der Waals surface area contributed by atoms with E-state index in [1.807, 2.05) is 50.2 Å². The molecule has 35 heavy (non-hydrogen) atoms. The van der Waals surface area contributed by atoms with E-state index in [0.29, 0.717) is 31.5 Å². The summed E-state index contributed by atoms with van der Waals surface area (Å²) >= 11 is 0. The van der Waals surface area contributed by atoms with Crippen LogP contribution in [0.1, 0.15) is 49.2 Å². The molecule has 2 unspecified atom stereocenters. The second kappa shape index (κ2) is 11.3. The molecule has 2 atom stereocenters. The zero-order chi connectivity index (χ0) is 24.8. The lowest BCUT2D eigenvalue weighted by Crippen LogP contribution is -2.52. The van der Waals surface area contributed by atoms with Crippen LogP contribution in [0.15, 0.2) is 65.1 Å². The van der Waals surface area contributed by atoms with Crippen molar-refractivity contribution < 1.29 is 18.8 Å². The van der Waals surface area contributed by atoms with E-state index in [0.717, 1.165) is 23.9 Å². The molecule has 3 aromatic rings. The summed E-state index contributed by atoms with van der Waals surface area (Å²) in [5.74, 6) is -0.442. The molecule has 1 fully saturated rings. The van der Waals surface area contributed by atoms with Crippen LogP contribution in [-0.2, 0) is 16.1 Å². The van der Waals surface area contributed by atoms with Crippen molar-refractivity contribution in [3.63, 3.8) is 0 Å². The number of rotatable bonds is 8. The van der Waals surface area contributed by atoms with E-state index in [1.165, 1.54) is 0 Å². The van der Waals surface area contributed by atoms with Gasteiger partial charge in [-0.1, -0.05) is 62.4 Å². The standard InChI is InChI=1S/C28H33N3O4/c1-19(2)15-23(30-28(34)26-16-21-11-6-7-13-25(21)35-26)27(33)29-22-12-8-14-31(18-24(22)32)17-20-9-4-3-5-10-20/h3-7,9-11,13,16,19,22-23H,8,12,14-15,17-18H2,1-2H3,(H,29,33)(H,30,34). The van der Waals surface area contributed by atoms with Crippen LogP contribution in [0, 0.1) is 5.92 Å². The minimum Gasteiger partial charge on any atom is -0.451 e. The minimum atomic E-state index is -0.757. The SMILES string of the molecule is CC(C)CC(NC(=O)c1cc2ccccc2o1)C(=O)NC1CCCN(Cc2ccccc2)CC1=O. The molecule has 1 aliphatic rings. The predicted octanol–water partition coefficient (Wildman–Crippen LogP) is 3.93. The summed E-state index contributed by atoms with van der Waals surface area (Å²) in [6.07, 6.45) is 1.85. The maximum absolute atomic E-state index is 13.2. The first-order chi connectivity index (χ1) is 16.9. The number of likely N-dealkylation sites (tertiary alicyclic amines) is 1. The molecular formula is C28H33N3O4. The van der Waals surface area contributed by atoms with Gasteiger partial charge in [-0.15, -0.1) is 0 Å². The Labute approximate surface area is 205 Å². The number of carbonyl (C=O) groups is 3. The fraction of sp³-hybridized carbons (Fsp3) is 0.393. The number of furan rings is 1. The first-order valence-electron chi connectivity index (χ1n) is 12.3. The fourth-order valence-electron chi connectivity index (χ4n) is 4.52. The van der Waals surface area contributed by atoms with Crippen LogP contribution < -0.4 is 10.6 Å². The fourth-order valence-corrected chi connectivity index (χ4v) is 4.52. The lowest BCUT2D eigenvalue weighted by Gasteiger charge is -2.23. The highest BCUT2D eigenvalue weighted by atomic mass is 16.3. The summed E-state index contributed by atoms with van der Waals surface area (Å²) in [4.78, 5) is 41.2. The molecule has 7 nitrogen and oxygen atoms in total. The monoisotopic (exact) mass is 475 g/mol. The van der Waals surface area contributed by atoms with Crippen molar-refractivity contribution in [2.24, 2.45) is 5.92 Å². The number of fused-ring (bicyclic) bond motifs is 1. The van der Waals surface area contributed by atoms with Crippen molar-refractivity contribution >= 4 is 28.6 Å². The number of carbonyl (C=O) groups excluding carboxylic acids is 3. The molecule has 2 N–H and O–H groups in total. The number of benzene rings is 2. The molecule has 1 aromatic heterocycles. The van der Waals surface area contributed by atoms with Crippen LogP contribution in [0.25, 0.3) is 11.0 Å². The van der Waals surface area contributed by atoms with E-state index >= 15 is 0 Å². The van der Waals surface area contributed by atoms with Gasteiger partial charge in [0.15, 0.2) is 11.5 Å². The number of hydrogen-bond acceptors (Lipinski definition) is 5. The summed E-state index contributed by atoms with van der Waals surface area (Å²) < 4.78 is 5.66. The van der Waals surface area contributed by atoms with Gasteiger partial charge in [-0.3, -0.25) is 19.3 Å². The van der Waals surface area contributed by atoms with Crippen LogP contribution in [0.2, 0.25) is 0 Å². The van der Waals surface area contributed by atoms with Crippen LogP contribution in [0.3, 0.4) is 0 Å². The van der Waals surface area contributed by atoms with Gasteiger partial charge >= 0.3 is 0 Å². The van der Waals surface area contributed by atoms with E-state index < -0.39 is 18.0 Å². The highest BCUT2D eigenvalue weighted by Crippen LogP contribution is 2.19. The van der Waals surface area contributed by atoms with E-state index in [-0.39, 0.29) is 23.4 Å². The van der Waals surface area contributed by atoms with E-state index in [2.05, 4.69) is 27.7 Å². The zero-order valence-corrected chi connectivity index (χ0v) is 20.3. The number of para-hydroxylation sites is 1. The molecule has 7 heteroatoms. The molecule has 0 spiro atoms. The number of hydrogen-bond donors (Lipinski definition) is 2. The van der Waals surface area contributed by atoms with Crippen LogP contribution in [0.5, 0.6) is 0 Å². The van der Waals surface area contributed by atoms with Crippen LogP contribution in [-0.4, -0.2) is 47.7 Å². The summed E-state index contributed by atoms with van der Waals surface area (Å²) in [6, 6.07) is 17.8. The number of nitrogens with one attached hydrogen (secondary N) is 2. The highest BCUT2D eigenvalue weighted by Gasteiger charge is 2.30. The van der Waals surface area contributed by atoms with Gasteiger partial charge in [-0.05, 0) is 49.4 Å². The Bertz CT molecular complexity index is 1140. The van der Waals surface area contributed by atoms with Crippen molar-refractivity contribution in [3.05, 3.63) is 72.0 Å². The van der Waals surface area contributed by atoms with Crippen molar-refractivity contribution in [2.75, 3.05) is 13.1 Å². The molecule has 0 bridgehead atoms. The summed E-state index contributed by atoms with van der Waals surface area (Å²) in [5.41, 5.74) is 1.78. The van der Waals surface area contributed by atoms with E-state index in [1.54, 1.807) is 12.1 Å². The molecular weight excluding hydrogens is 442 g/mol. The second-order valence-corrected chi connectivity index (χ2v) is 9.67. The van der Waals surface area contributed by atoms with E-state index in [4.69, 9.17) is 4.42 Å². The molecule has 1 aliphatic heterocycles. The Balaban J connectivity index is 1.39. The van der Waals surface area contributed by atoms with Gasteiger partial charge < -0.3 is 15.1 Å². The Morgan fingerprint density at radius 2 is 1.83 bits per heavy atom. The average molecular weight is 476 g/mol. The van der Waals surface area contributed by atoms with Crippen molar-refractivity contribution in [3.8, 4) is 0 Å². The van der Waals surface area contributed by atoms with Gasteiger partial charge in [0, 0.05) is 11.9 Å². The van der Waals surface area contributed by atoms with Gasteiger partial charge in [-0.2, -0.15) is 0 Å². The van der Waals surface area contributed by atoms with Crippen LogP contribution in [0.4, 0.5) is 0 Å². The van der Waals surface area contributed by atoms with Gasteiger partial charge in [0.2, 0.25) is 5.91 Å². The van der Waals surface area contributed by atoms with Crippen LogP contribution >= 0.6 is 0 Å². The average Bonchev–Trinajstić information content (AvgIpc) is 3.20. The Hall–Kier alpha value is -3.45. The molecule has 0 radical (unpaired) electrons. The van der Waals surface area contributed by atoms with Crippen molar-refractivity contribution in [1.82, 2.24) is 15.5 Å². The first kappa shape index (κ1) is 24.7. The summed E-state index contributed by atoms with van der Waals surface area (Å²) in [7, 11) is 0. The van der Waals surface area contributed by atoms with E-state index in [9.17, 15) is 14.4 Å². The lowest BCUT2D eigenvalue weighted by atomic mass is 10.0. The maximum Gasteiger partial charge on any atom is 0.287 e. The highest BCUT2D eigenvalue weighted by molar-refractivity contribution is 5.99. The maximum atomic E-state index is 13.2. The summed E-state index contributed by atoms with van der Waals surface area (Å²) in [6.45, 7) is 5.78. The van der Waals surface area contributed by atoms with Crippen molar-refractivity contribution in [2.45, 2.75) is 51.7 Å². The molecule has 2 amide bonds. The molecule has 184 valence electrons. The zero-order valence-electron chi connectivity index (χ0n) is 20.3. The predicted molar refractivity (Wildman–Crippen MR) is 135 cm³/mol. The minimum absolute atomic E-state index is 0.00121. The first-order valence-corrected chi connectivity index (χ1v) is 12.3. The topological polar surface area (TPSA) is 91.7 Å². The lowest BCUT2D eigenvalue weighted by molar-refractivity contribution is -0.129. The third-order valence-corrected chi connectivity index (χ3v) is 6.28. The molecule has 4 rings (SSSR count). The molecule has 0 saturated carbocycles. The second-order valence-electron chi connectivity index (χ2n) is 9.67. The quantitative estimate of drug-likeness (QED) is 0.515. The van der Waals surface area contributed by atoms with Gasteiger partial charge in [0.25, 0.3) is 5.91 Å². The normalized spacial score (nSPS) is 17.8.